The Morgan fingerprint density at radius 1 is 0.423 bits per heavy atom. The lowest BCUT2D eigenvalue weighted by molar-refractivity contribution is 1.13. The number of rotatable bonds is 5. The van der Waals surface area contributed by atoms with Gasteiger partial charge < -0.3 is 9.13 Å². The summed E-state index contributed by atoms with van der Waals surface area (Å²) in [7, 11) is 0. The predicted octanol–water partition coefficient (Wildman–Crippen LogP) is 11.5. The maximum atomic E-state index is 10.2. The molecule has 0 spiro atoms. The Balaban J connectivity index is 1.31. The van der Waals surface area contributed by atoms with E-state index in [0.29, 0.717) is 11.4 Å². The smallest absolute Gasteiger partial charge is 0.162 e. The molecule has 52 heavy (non-hydrogen) atoms. The van der Waals surface area contributed by atoms with Crippen LogP contribution in [0.1, 0.15) is 5.56 Å². The molecule has 242 valence electrons. The Morgan fingerprint density at radius 2 is 0.942 bits per heavy atom. The van der Waals surface area contributed by atoms with Crippen LogP contribution in [0.4, 0.5) is 0 Å². The molecule has 0 radical (unpaired) electrons. The molecule has 5 nitrogen and oxygen atoms in total. The zero-order valence-electron chi connectivity index (χ0n) is 28.0. The molecule has 0 aliphatic heterocycles. The summed E-state index contributed by atoms with van der Waals surface area (Å²) in [6.07, 6.45) is 0. The highest BCUT2D eigenvalue weighted by molar-refractivity contribution is 6.19. The van der Waals surface area contributed by atoms with Crippen LogP contribution >= 0.6 is 0 Å². The maximum Gasteiger partial charge on any atom is 0.162 e. The third-order valence-electron chi connectivity index (χ3n) is 9.95. The highest BCUT2D eigenvalue weighted by Gasteiger charge is 2.22. The quantitative estimate of drug-likeness (QED) is 0.184. The van der Waals surface area contributed by atoms with Crippen LogP contribution in [0, 0.1) is 11.3 Å². The van der Waals surface area contributed by atoms with E-state index < -0.39 is 0 Å². The molecule has 7 aromatic carbocycles. The van der Waals surface area contributed by atoms with Crippen LogP contribution in [-0.4, -0.2) is 19.1 Å². The fourth-order valence-corrected chi connectivity index (χ4v) is 7.61. The van der Waals surface area contributed by atoms with Gasteiger partial charge in [-0.1, -0.05) is 115 Å². The van der Waals surface area contributed by atoms with Gasteiger partial charge in [0.2, 0.25) is 0 Å². The molecule has 0 aliphatic rings. The van der Waals surface area contributed by atoms with Crippen LogP contribution < -0.4 is 0 Å². The van der Waals surface area contributed by atoms with Crippen molar-refractivity contribution in [3.8, 4) is 51.3 Å². The van der Waals surface area contributed by atoms with Crippen molar-refractivity contribution in [1.29, 1.82) is 5.26 Å². The Kier molecular flexibility index (Phi) is 6.80. The van der Waals surface area contributed by atoms with Gasteiger partial charge in [0.15, 0.2) is 5.82 Å². The third kappa shape index (κ3) is 4.70. The van der Waals surface area contributed by atoms with Crippen molar-refractivity contribution in [2.45, 2.75) is 0 Å². The summed E-state index contributed by atoms with van der Waals surface area (Å²) in [6.45, 7) is 0. The first-order valence-electron chi connectivity index (χ1n) is 17.3. The Bertz CT molecular complexity index is 2950. The van der Waals surface area contributed by atoms with Crippen LogP contribution in [0.3, 0.4) is 0 Å². The molecule has 0 unspecified atom stereocenters. The van der Waals surface area contributed by atoms with Crippen LogP contribution in [0.2, 0.25) is 0 Å². The average Bonchev–Trinajstić information content (AvgIpc) is 3.72. The Morgan fingerprint density at radius 3 is 1.54 bits per heavy atom. The molecule has 0 aliphatic carbocycles. The van der Waals surface area contributed by atoms with Crippen molar-refractivity contribution < 1.29 is 0 Å². The van der Waals surface area contributed by atoms with Crippen molar-refractivity contribution >= 4 is 43.6 Å². The van der Waals surface area contributed by atoms with E-state index in [-0.39, 0.29) is 0 Å². The monoisotopic (exact) mass is 663 g/mol. The number of nitrogens with zero attached hydrogens (tertiary/aromatic N) is 5. The summed E-state index contributed by atoms with van der Waals surface area (Å²) in [4.78, 5) is 10.4. The summed E-state index contributed by atoms with van der Waals surface area (Å²) in [6, 6.07) is 63.0. The molecular formula is C47H29N5. The number of aromatic nitrogens is 4. The lowest BCUT2D eigenvalue weighted by Crippen LogP contribution is -2.02. The summed E-state index contributed by atoms with van der Waals surface area (Å²) >= 11 is 0. The number of para-hydroxylation sites is 3. The lowest BCUT2D eigenvalue weighted by Gasteiger charge is -2.16. The molecule has 5 heteroatoms. The molecule has 3 heterocycles. The second kappa shape index (κ2) is 11.9. The minimum Gasteiger partial charge on any atom is -0.309 e. The molecule has 0 saturated carbocycles. The van der Waals surface area contributed by atoms with E-state index >= 15 is 0 Å². The molecule has 0 bridgehead atoms. The SMILES string of the molecule is N#Cc1ccc(-n2c3ccccc3c3cc4c5ccccc5n(-c5ccccc5)c4cc32)c(-c2nc(-c3ccccc3)cc(-c3ccccc3)n2)c1. The minimum atomic E-state index is 0.543. The molecule has 10 aromatic rings. The van der Waals surface area contributed by atoms with E-state index in [1.165, 1.54) is 10.8 Å². The zero-order valence-corrected chi connectivity index (χ0v) is 28.0. The van der Waals surface area contributed by atoms with Crippen molar-refractivity contribution in [2.75, 3.05) is 0 Å². The highest BCUT2D eigenvalue weighted by atomic mass is 15.0. The van der Waals surface area contributed by atoms with Gasteiger partial charge in [0.1, 0.15) is 0 Å². The molecule has 3 aromatic heterocycles. The molecular weight excluding hydrogens is 635 g/mol. The van der Waals surface area contributed by atoms with E-state index in [9.17, 15) is 5.26 Å². The number of nitriles is 1. The van der Waals surface area contributed by atoms with E-state index in [4.69, 9.17) is 9.97 Å². The van der Waals surface area contributed by atoms with E-state index in [1.807, 2.05) is 60.7 Å². The van der Waals surface area contributed by atoms with Crippen molar-refractivity contribution in [3.63, 3.8) is 0 Å². The molecule has 0 amide bonds. The topological polar surface area (TPSA) is 59.4 Å². The van der Waals surface area contributed by atoms with Gasteiger partial charge in [0, 0.05) is 43.9 Å². The van der Waals surface area contributed by atoms with Crippen molar-refractivity contribution in [2.24, 2.45) is 0 Å². The van der Waals surface area contributed by atoms with E-state index in [1.54, 1.807) is 0 Å². The van der Waals surface area contributed by atoms with Gasteiger partial charge in [0.05, 0.1) is 50.8 Å². The van der Waals surface area contributed by atoms with Gasteiger partial charge in [0.25, 0.3) is 0 Å². The largest absolute Gasteiger partial charge is 0.309 e. The molecule has 0 fully saturated rings. The molecule has 0 saturated heterocycles. The standard InChI is InChI=1S/C47H29N5/c48-30-31-24-25-44(39(26-31)47-49-40(32-14-4-1-5-15-32)28-41(50-47)33-16-6-2-7-17-33)52-43-23-13-11-21-36(43)38-27-37-35-20-10-12-22-42(35)51(45(37)29-46(38)52)34-18-8-3-9-19-34/h1-29H. The molecule has 0 atom stereocenters. The fourth-order valence-electron chi connectivity index (χ4n) is 7.61. The number of fused-ring (bicyclic) bond motifs is 6. The number of benzene rings is 7. The summed E-state index contributed by atoms with van der Waals surface area (Å²) in [5.74, 6) is 0.553. The van der Waals surface area contributed by atoms with Gasteiger partial charge in [-0.05, 0) is 60.7 Å². The Hall–Kier alpha value is -7.29. The summed E-state index contributed by atoms with van der Waals surface area (Å²) in [5.41, 5.74) is 11.3. The molecule has 0 N–H and O–H groups in total. The average molecular weight is 664 g/mol. The van der Waals surface area contributed by atoms with E-state index in [2.05, 4.69) is 130 Å². The van der Waals surface area contributed by atoms with Gasteiger partial charge in [-0.2, -0.15) is 5.26 Å². The predicted molar refractivity (Wildman–Crippen MR) is 212 cm³/mol. The highest BCUT2D eigenvalue weighted by Crippen LogP contribution is 2.41. The summed E-state index contributed by atoms with van der Waals surface area (Å²) in [5, 5.41) is 14.9. The third-order valence-corrected chi connectivity index (χ3v) is 9.95. The fraction of sp³-hybridized carbons (Fsp3) is 0. The van der Waals surface area contributed by atoms with E-state index in [0.717, 1.165) is 72.3 Å². The number of hydrogen-bond acceptors (Lipinski definition) is 3. The van der Waals surface area contributed by atoms with Crippen LogP contribution in [0.25, 0.3) is 88.9 Å². The maximum absolute atomic E-state index is 10.2. The van der Waals surface area contributed by atoms with Crippen LogP contribution in [-0.2, 0) is 0 Å². The molecule has 10 rings (SSSR count). The minimum absolute atomic E-state index is 0.543. The first-order chi connectivity index (χ1) is 25.7. The number of hydrogen-bond donors (Lipinski definition) is 0. The first kappa shape index (κ1) is 29.6. The van der Waals surface area contributed by atoms with Gasteiger partial charge in [-0.3, -0.25) is 0 Å². The first-order valence-corrected chi connectivity index (χ1v) is 17.3. The van der Waals surface area contributed by atoms with Gasteiger partial charge in [-0.25, -0.2) is 9.97 Å². The Labute approximate surface area is 299 Å². The van der Waals surface area contributed by atoms with Crippen molar-refractivity contribution in [1.82, 2.24) is 19.1 Å². The van der Waals surface area contributed by atoms with Crippen LogP contribution in [0.15, 0.2) is 176 Å². The normalized spacial score (nSPS) is 11.4. The van der Waals surface area contributed by atoms with Gasteiger partial charge >= 0.3 is 0 Å². The second-order valence-electron chi connectivity index (χ2n) is 13.0. The summed E-state index contributed by atoms with van der Waals surface area (Å²) < 4.78 is 4.67. The lowest BCUT2D eigenvalue weighted by atomic mass is 10.0. The van der Waals surface area contributed by atoms with Gasteiger partial charge in [-0.15, -0.1) is 0 Å². The van der Waals surface area contributed by atoms with Crippen molar-refractivity contribution in [3.05, 3.63) is 181 Å². The second-order valence-corrected chi connectivity index (χ2v) is 13.0. The zero-order chi connectivity index (χ0) is 34.6. The van der Waals surface area contributed by atoms with Crippen LogP contribution in [0.5, 0.6) is 0 Å².